The van der Waals surface area contributed by atoms with E-state index < -0.39 is 0 Å². The van der Waals surface area contributed by atoms with Crippen molar-refractivity contribution in [2.75, 3.05) is 19.7 Å². The number of hydrogen-bond donors (Lipinski definition) is 2. The Labute approximate surface area is 179 Å². The molecule has 0 atom stereocenters. The van der Waals surface area contributed by atoms with Crippen LogP contribution in [0.1, 0.15) is 37.0 Å². The Morgan fingerprint density at radius 2 is 2.00 bits per heavy atom. The maximum absolute atomic E-state index is 5.74. The number of rotatable bonds is 9. The zero-order valence-electron chi connectivity index (χ0n) is 16.8. The molecule has 0 saturated carbocycles. The van der Waals surface area contributed by atoms with Gasteiger partial charge in [0.05, 0.1) is 19.3 Å². The first-order valence-electron chi connectivity index (χ1n) is 9.36. The molecular weight excluding hydrogens is 453 g/mol. The van der Waals surface area contributed by atoms with Crippen molar-refractivity contribution in [1.82, 2.24) is 20.4 Å². The quantitative estimate of drug-likeness (QED) is 0.246. The minimum Gasteiger partial charge on any atom is -0.494 e. The fraction of sp³-hybridized carbons (Fsp3) is 0.500. The Morgan fingerprint density at radius 3 is 2.67 bits per heavy atom. The first-order chi connectivity index (χ1) is 12.6. The van der Waals surface area contributed by atoms with Crippen LogP contribution in [0.15, 0.2) is 35.6 Å². The smallest absolute Gasteiger partial charge is 0.191 e. The molecule has 2 aromatic rings. The van der Waals surface area contributed by atoms with Crippen molar-refractivity contribution >= 4 is 29.9 Å². The zero-order valence-corrected chi connectivity index (χ0v) is 19.1. The van der Waals surface area contributed by atoms with E-state index in [2.05, 4.69) is 60.9 Å². The Morgan fingerprint density at radius 1 is 1.19 bits per heavy atom. The molecule has 0 unspecified atom stereocenters. The van der Waals surface area contributed by atoms with Gasteiger partial charge in [-0.05, 0) is 51.3 Å². The third kappa shape index (κ3) is 8.19. The first kappa shape index (κ1) is 23.3. The molecular formula is C20H32IN5O. The van der Waals surface area contributed by atoms with Gasteiger partial charge in [-0.2, -0.15) is 5.10 Å². The molecule has 2 rings (SSSR count). The monoisotopic (exact) mass is 485 g/mol. The maximum atomic E-state index is 5.74. The lowest BCUT2D eigenvalue weighted by atomic mass is 10.1. The van der Waals surface area contributed by atoms with Crippen LogP contribution in [0.3, 0.4) is 0 Å². The summed E-state index contributed by atoms with van der Waals surface area (Å²) in [5, 5.41) is 11.0. The summed E-state index contributed by atoms with van der Waals surface area (Å²) in [5.41, 5.74) is 3.48. The van der Waals surface area contributed by atoms with E-state index in [1.807, 2.05) is 17.8 Å². The molecule has 0 spiro atoms. The highest BCUT2D eigenvalue weighted by atomic mass is 127. The molecule has 0 radical (unpaired) electrons. The van der Waals surface area contributed by atoms with E-state index in [4.69, 9.17) is 9.73 Å². The summed E-state index contributed by atoms with van der Waals surface area (Å²) < 4.78 is 7.71. The summed E-state index contributed by atoms with van der Waals surface area (Å²) in [4.78, 5) is 4.70. The Bertz CT molecular complexity index is 714. The van der Waals surface area contributed by atoms with Gasteiger partial charge in [0, 0.05) is 31.4 Å². The van der Waals surface area contributed by atoms with E-state index in [-0.39, 0.29) is 24.0 Å². The number of aromatic nitrogens is 2. The lowest BCUT2D eigenvalue weighted by Crippen LogP contribution is -2.38. The molecule has 0 aliphatic carbocycles. The van der Waals surface area contributed by atoms with Crippen molar-refractivity contribution in [2.45, 2.75) is 47.2 Å². The molecule has 27 heavy (non-hydrogen) atoms. The first-order valence-corrected chi connectivity index (χ1v) is 9.36. The molecule has 0 bridgehead atoms. The van der Waals surface area contributed by atoms with Crippen LogP contribution in [0.4, 0.5) is 0 Å². The Hall–Kier alpha value is -1.77. The highest BCUT2D eigenvalue weighted by molar-refractivity contribution is 14.0. The van der Waals surface area contributed by atoms with Gasteiger partial charge < -0.3 is 15.4 Å². The minimum atomic E-state index is 0. The van der Waals surface area contributed by atoms with E-state index in [9.17, 15) is 0 Å². The van der Waals surface area contributed by atoms with Gasteiger partial charge in [-0.15, -0.1) is 24.0 Å². The summed E-state index contributed by atoms with van der Waals surface area (Å²) >= 11 is 0. The molecule has 2 N–H and O–H groups in total. The lowest BCUT2D eigenvalue weighted by molar-refractivity contribution is 0.336. The highest BCUT2D eigenvalue weighted by Gasteiger charge is 2.04. The van der Waals surface area contributed by atoms with Crippen LogP contribution in [0.25, 0.3) is 0 Å². The summed E-state index contributed by atoms with van der Waals surface area (Å²) in [6.45, 7) is 12.0. The molecule has 1 aromatic carbocycles. The number of aryl methyl sites for hydroxylation is 3. The summed E-state index contributed by atoms with van der Waals surface area (Å²) in [5.74, 6) is 1.74. The number of guanidine groups is 1. The van der Waals surface area contributed by atoms with Gasteiger partial charge in [0.2, 0.25) is 0 Å². The molecule has 7 heteroatoms. The third-order valence-corrected chi connectivity index (χ3v) is 3.89. The molecule has 0 amide bonds. The van der Waals surface area contributed by atoms with Crippen molar-refractivity contribution in [2.24, 2.45) is 4.99 Å². The second-order valence-corrected chi connectivity index (χ2v) is 6.30. The van der Waals surface area contributed by atoms with Crippen LogP contribution < -0.4 is 15.4 Å². The van der Waals surface area contributed by atoms with E-state index in [0.29, 0.717) is 13.2 Å². The largest absolute Gasteiger partial charge is 0.494 e. The number of benzene rings is 1. The Kier molecular flexibility index (Phi) is 10.8. The zero-order chi connectivity index (χ0) is 18.8. The third-order valence-electron chi connectivity index (χ3n) is 3.89. The van der Waals surface area contributed by atoms with Gasteiger partial charge in [-0.1, -0.05) is 12.1 Å². The van der Waals surface area contributed by atoms with Gasteiger partial charge in [0.25, 0.3) is 0 Å². The van der Waals surface area contributed by atoms with Crippen LogP contribution in [-0.4, -0.2) is 35.4 Å². The van der Waals surface area contributed by atoms with Crippen LogP contribution in [0.5, 0.6) is 5.75 Å². The average molecular weight is 485 g/mol. The van der Waals surface area contributed by atoms with E-state index in [1.54, 1.807) is 0 Å². The second kappa shape index (κ2) is 12.6. The molecule has 6 nitrogen and oxygen atoms in total. The summed E-state index contributed by atoms with van der Waals surface area (Å²) in [6, 6.07) is 6.26. The van der Waals surface area contributed by atoms with Crippen molar-refractivity contribution in [3.8, 4) is 5.75 Å². The minimum absolute atomic E-state index is 0. The van der Waals surface area contributed by atoms with E-state index >= 15 is 0 Å². The molecule has 150 valence electrons. The van der Waals surface area contributed by atoms with E-state index in [1.165, 1.54) is 11.1 Å². The average Bonchev–Trinajstić information content (AvgIpc) is 3.03. The number of halogens is 1. The van der Waals surface area contributed by atoms with Crippen molar-refractivity contribution in [3.63, 3.8) is 0 Å². The molecule has 0 saturated heterocycles. The summed E-state index contributed by atoms with van der Waals surface area (Å²) in [6.07, 6.45) is 4.93. The standard InChI is InChI=1S/C20H31N5O.HI/c1-5-21-20(22-10-7-11-25-15-17(4)13-24-25)23-14-18-9-8-16(3)12-19(18)26-6-2;/h8-9,12-13,15H,5-7,10-11,14H2,1-4H3,(H2,21,22,23);1H. The van der Waals surface area contributed by atoms with Crippen LogP contribution in [0.2, 0.25) is 0 Å². The SMILES string of the molecule is CCNC(=NCc1ccc(C)cc1OCC)NCCCn1cc(C)cn1.I. The fourth-order valence-electron chi connectivity index (χ4n) is 2.63. The molecule has 0 fully saturated rings. The van der Waals surface area contributed by atoms with Gasteiger partial charge in [-0.25, -0.2) is 4.99 Å². The van der Waals surface area contributed by atoms with Gasteiger partial charge in [0.15, 0.2) is 5.96 Å². The number of ether oxygens (including phenoxy) is 1. The van der Waals surface area contributed by atoms with Crippen molar-refractivity contribution in [1.29, 1.82) is 0 Å². The van der Waals surface area contributed by atoms with Crippen LogP contribution in [-0.2, 0) is 13.1 Å². The topological polar surface area (TPSA) is 63.5 Å². The lowest BCUT2D eigenvalue weighted by Gasteiger charge is -2.13. The van der Waals surface area contributed by atoms with Gasteiger partial charge >= 0.3 is 0 Å². The maximum Gasteiger partial charge on any atom is 0.191 e. The molecule has 1 heterocycles. The molecule has 1 aromatic heterocycles. The number of nitrogens with one attached hydrogen (secondary N) is 2. The molecule has 0 aliphatic heterocycles. The fourth-order valence-corrected chi connectivity index (χ4v) is 2.63. The molecule has 0 aliphatic rings. The van der Waals surface area contributed by atoms with Crippen molar-refractivity contribution < 1.29 is 4.74 Å². The van der Waals surface area contributed by atoms with E-state index in [0.717, 1.165) is 43.3 Å². The van der Waals surface area contributed by atoms with Crippen LogP contribution >= 0.6 is 24.0 Å². The predicted octanol–water partition coefficient (Wildman–Crippen LogP) is 3.66. The van der Waals surface area contributed by atoms with Crippen molar-refractivity contribution in [3.05, 3.63) is 47.3 Å². The normalized spacial score (nSPS) is 11.0. The van der Waals surface area contributed by atoms with Gasteiger partial charge in [0.1, 0.15) is 5.75 Å². The predicted molar refractivity (Wildman–Crippen MR) is 122 cm³/mol. The summed E-state index contributed by atoms with van der Waals surface area (Å²) in [7, 11) is 0. The number of aliphatic imine (C=N–C) groups is 1. The number of nitrogens with zero attached hydrogens (tertiary/aromatic N) is 3. The van der Waals surface area contributed by atoms with Crippen LogP contribution in [0, 0.1) is 13.8 Å². The highest BCUT2D eigenvalue weighted by Crippen LogP contribution is 2.21. The van der Waals surface area contributed by atoms with Gasteiger partial charge in [-0.3, -0.25) is 4.68 Å². The Balaban J connectivity index is 0.00000364. The second-order valence-electron chi connectivity index (χ2n) is 6.30. The number of hydrogen-bond acceptors (Lipinski definition) is 3.